The van der Waals surface area contributed by atoms with Crippen LogP contribution >= 0.6 is 0 Å². The van der Waals surface area contributed by atoms with Crippen LogP contribution in [0.4, 0.5) is 0 Å². The van der Waals surface area contributed by atoms with Gasteiger partial charge in [0, 0.05) is 19.4 Å². The molecule has 7 heteroatoms. The number of carbonyl (C=O) groups is 1. The van der Waals surface area contributed by atoms with Crippen molar-refractivity contribution in [1.82, 2.24) is 0 Å². The lowest BCUT2D eigenvalue weighted by Gasteiger charge is -2.34. The topological polar surface area (TPSA) is 105 Å². The molecule has 0 aliphatic carbocycles. The maximum atomic E-state index is 10.8. The largest absolute Gasteiger partial charge is 0.497 e. The first kappa shape index (κ1) is 23.3. The lowest BCUT2D eigenvalue weighted by atomic mass is 9.92. The molecule has 2 unspecified atom stereocenters. The molecular weight excluding hydrogens is 376 g/mol. The van der Waals surface area contributed by atoms with Gasteiger partial charge < -0.3 is 29.5 Å². The van der Waals surface area contributed by atoms with Crippen LogP contribution in [0.1, 0.15) is 44.1 Å². The standard InChI is InChI=1S/C22H32O7/c1-15-9-20(11-17(24)12-22(25)26)29-21(10-15)13-19(7-8-23)28-14-16-3-5-18(27-2)6-4-16/h3-6,17,19-21,23-24H,1,7-14H2,2H3,(H,25,26)/t17?,19?,20-,21+/m1/s1. The summed E-state index contributed by atoms with van der Waals surface area (Å²) in [6.45, 7) is 4.50. The van der Waals surface area contributed by atoms with E-state index in [1.54, 1.807) is 7.11 Å². The van der Waals surface area contributed by atoms with E-state index in [4.69, 9.17) is 19.3 Å². The highest BCUT2D eigenvalue weighted by atomic mass is 16.5. The minimum atomic E-state index is -1.03. The highest BCUT2D eigenvalue weighted by molar-refractivity contribution is 5.67. The number of methoxy groups -OCH3 is 1. The molecule has 1 heterocycles. The van der Waals surface area contributed by atoms with E-state index in [1.807, 2.05) is 24.3 Å². The van der Waals surface area contributed by atoms with E-state index in [0.717, 1.165) is 16.9 Å². The molecule has 1 aliphatic heterocycles. The summed E-state index contributed by atoms with van der Waals surface area (Å²) in [6.07, 6.45) is 0.859. The Balaban J connectivity index is 1.88. The van der Waals surface area contributed by atoms with E-state index in [0.29, 0.717) is 32.3 Å². The van der Waals surface area contributed by atoms with Gasteiger partial charge in [0.25, 0.3) is 0 Å². The molecule has 7 nitrogen and oxygen atoms in total. The molecule has 3 N–H and O–H groups in total. The van der Waals surface area contributed by atoms with Crippen molar-refractivity contribution < 1.29 is 34.3 Å². The van der Waals surface area contributed by atoms with Gasteiger partial charge >= 0.3 is 5.97 Å². The Bertz CT molecular complexity index is 643. The van der Waals surface area contributed by atoms with E-state index >= 15 is 0 Å². The van der Waals surface area contributed by atoms with Crippen molar-refractivity contribution in [3.8, 4) is 5.75 Å². The zero-order valence-electron chi connectivity index (χ0n) is 17.0. The molecule has 0 bridgehead atoms. The Morgan fingerprint density at radius 3 is 2.48 bits per heavy atom. The van der Waals surface area contributed by atoms with Crippen molar-refractivity contribution in [2.75, 3.05) is 13.7 Å². The SMILES string of the molecule is C=C1C[C@H](CC(O)CC(=O)O)O[C@H](CC(CCO)OCc2ccc(OC)cc2)C1. The fourth-order valence-electron chi connectivity index (χ4n) is 3.60. The number of benzene rings is 1. The van der Waals surface area contributed by atoms with Gasteiger partial charge in [0.2, 0.25) is 0 Å². The van der Waals surface area contributed by atoms with Crippen LogP contribution in [0.2, 0.25) is 0 Å². The molecule has 0 amide bonds. The maximum Gasteiger partial charge on any atom is 0.305 e. The van der Waals surface area contributed by atoms with Crippen LogP contribution in [0.5, 0.6) is 5.75 Å². The molecule has 1 aromatic carbocycles. The molecule has 162 valence electrons. The van der Waals surface area contributed by atoms with Crippen LogP contribution in [0, 0.1) is 0 Å². The summed E-state index contributed by atoms with van der Waals surface area (Å²) < 4.78 is 17.2. The molecule has 0 radical (unpaired) electrons. The molecule has 0 spiro atoms. The van der Waals surface area contributed by atoms with Gasteiger partial charge in [-0.1, -0.05) is 24.3 Å². The number of hydrogen-bond acceptors (Lipinski definition) is 6. The van der Waals surface area contributed by atoms with Crippen LogP contribution in [0.3, 0.4) is 0 Å². The molecule has 4 atom stereocenters. The summed E-state index contributed by atoms with van der Waals surface area (Å²) in [5, 5.41) is 28.1. The third kappa shape index (κ3) is 8.53. The number of aliphatic hydroxyl groups excluding tert-OH is 2. The molecular formula is C22H32O7. The predicted octanol–water partition coefficient (Wildman–Crippen LogP) is 2.68. The van der Waals surface area contributed by atoms with Gasteiger partial charge in [-0.25, -0.2) is 0 Å². The molecule has 29 heavy (non-hydrogen) atoms. The molecule has 1 saturated heterocycles. The van der Waals surface area contributed by atoms with Gasteiger partial charge in [-0.3, -0.25) is 4.79 Å². The van der Waals surface area contributed by atoms with Crippen molar-refractivity contribution in [2.45, 2.75) is 69.5 Å². The second kappa shape index (κ2) is 11.9. The first-order valence-electron chi connectivity index (χ1n) is 9.97. The lowest BCUT2D eigenvalue weighted by molar-refractivity contribution is -0.140. The van der Waals surface area contributed by atoms with Gasteiger partial charge in [0.05, 0.1) is 44.6 Å². The number of rotatable bonds is 12. The van der Waals surface area contributed by atoms with Crippen molar-refractivity contribution in [3.05, 3.63) is 42.0 Å². The molecule has 0 saturated carbocycles. The number of hydrogen-bond donors (Lipinski definition) is 3. The summed E-state index contributed by atoms with van der Waals surface area (Å²) in [7, 11) is 1.62. The van der Waals surface area contributed by atoms with Crippen LogP contribution in [-0.4, -0.2) is 59.4 Å². The van der Waals surface area contributed by atoms with Crippen LogP contribution in [-0.2, 0) is 20.9 Å². The van der Waals surface area contributed by atoms with Gasteiger partial charge in [-0.15, -0.1) is 0 Å². The van der Waals surface area contributed by atoms with Crippen LogP contribution in [0.25, 0.3) is 0 Å². The summed E-state index contributed by atoms with van der Waals surface area (Å²) in [5.74, 6) is -0.246. The zero-order valence-corrected chi connectivity index (χ0v) is 17.0. The third-order valence-corrected chi connectivity index (χ3v) is 4.98. The van der Waals surface area contributed by atoms with E-state index < -0.39 is 12.1 Å². The average Bonchev–Trinajstić information content (AvgIpc) is 2.65. The van der Waals surface area contributed by atoms with E-state index in [9.17, 15) is 15.0 Å². The maximum absolute atomic E-state index is 10.8. The summed E-state index contributed by atoms with van der Waals surface area (Å²) >= 11 is 0. The van der Waals surface area contributed by atoms with Crippen LogP contribution < -0.4 is 4.74 Å². The Morgan fingerprint density at radius 1 is 1.24 bits per heavy atom. The van der Waals surface area contributed by atoms with Crippen LogP contribution in [0.15, 0.2) is 36.4 Å². The molecule has 1 fully saturated rings. The van der Waals surface area contributed by atoms with Gasteiger partial charge in [-0.05, 0) is 37.0 Å². The highest BCUT2D eigenvalue weighted by Crippen LogP contribution is 2.29. The van der Waals surface area contributed by atoms with Crippen molar-refractivity contribution in [3.63, 3.8) is 0 Å². The Hall–Kier alpha value is -1.93. The fourth-order valence-corrected chi connectivity index (χ4v) is 3.60. The number of ether oxygens (including phenoxy) is 3. The van der Waals surface area contributed by atoms with Gasteiger partial charge in [0.1, 0.15) is 5.75 Å². The first-order valence-corrected chi connectivity index (χ1v) is 9.97. The Morgan fingerprint density at radius 2 is 1.90 bits per heavy atom. The predicted molar refractivity (Wildman–Crippen MR) is 108 cm³/mol. The van der Waals surface area contributed by atoms with Gasteiger partial charge in [-0.2, -0.15) is 0 Å². The Labute approximate surface area is 171 Å². The first-order chi connectivity index (χ1) is 13.9. The number of carboxylic acid groups (broad SMARTS) is 1. The highest BCUT2D eigenvalue weighted by Gasteiger charge is 2.29. The summed E-state index contributed by atoms with van der Waals surface area (Å²) in [4.78, 5) is 10.8. The lowest BCUT2D eigenvalue weighted by Crippen LogP contribution is -2.35. The summed E-state index contributed by atoms with van der Waals surface area (Å²) in [6, 6.07) is 7.63. The quantitative estimate of drug-likeness (QED) is 0.457. The second-order valence-electron chi connectivity index (χ2n) is 7.55. The summed E-state index contributed by atoms with van der Waals surface area (Å²) in [5.41, 5.74) is 2.03. The number of aliphatic hydroxyl groups is 2. The fraction of sp³-hybridized carbons (Fsp3) is 0.591. The minimum Gasteiger partial charge on any atom is -0.497 e. The van der Waals surface area contributed by atoms with Crippen molar-refractivity contribution in [1.29, 1.82) is 0 Å². The third-order valence-electron chi connectivity index (χ3n) is 4.98. The monoisotopic (exact) mass is 408 g/mol. The van der Waals surface area contributed by atoms with E-state index in [-0.39, 0.29) is 37.8 Å². The minimum absolute atomic E-state index is 0.0156. The molecule has 2 rings (SSSR count). The van der Waals surface area contributed by atoms with E-state index in [2.05, 4.69) is 6.58 Å². The average molecular weight is 408 g/mol. The normalized spacial score (nSPS) is 21.6. The number of carboxylic acids is 1. The molecule has 0 aromatic heterocycles. The van der Waals surface area contributed by atoms with Crippen molar-refractivity contribution in [2.24, 2.45) is 0 Å². The van der Waals surface area contributed by atoms with Gasteiger partial charge in [0.15, 0.2) is 0 Å². The zero-order chi connectivity index (χ0) is 21.2. The second-order valence-corrected chi connectivity index (χ2v) is 7.55. The smallest absolute Gasteiger partial charge is 0.305 e. The number of aliphatic carboxylic acids is 1. The molecule has 1 aromatic rings. The Kier molecular flexibility index (Phi) is 9.60. The molecule has 1 aliphatic rings. The van der Waals surface area contributed by atoms with E-state index in [1.165, 1.54) is 0 Å². The van der Waals surface area contributed by atoms with Crippen molar-refractivity contribution >= 4 is 5.97 Å².